The number of ether oxygens (including phenoxy) is 1. The van der Waals surface area contributed by atoms with E-state index >= 15 is 0 Å². The molecule has 2 N–H and O–H groups in total. The van der Waals surface area contributed by atoms with Crippen LogP contribution in [0.3, 0.4) is 0 Å². The van der Waals surface area contributed by atoms with Crippen molar-refractivity contribution in [3.8, 4) is 5.75 Å². The average Bonchev–Trinajstić information content (AvgIpc) is 3.31. The van der Waals surface area contributed by atoms with Crippen molar-refractivity contribution in [2.45, 2.75) is 18.6 Å². The van der Waals surface area contributed by atoms with Crippen LogP contribution in [-0.4, -0.2) is 33.5 Å². The van der Waals surface area contributed by atoms with Crippen LogP contribution in [0.1, 0.15) is 23.5 Å². The molecule has 1 aliphatic heterocycles. The van der Waals surface area contributed by atoms with Crippen molar-refractivity contribution in [1.82, 2.24) is 14.9 Å². The van der Waals surface area contributed by atoms with Gasteiger partial charge in [0.2, 0.25) is 0 Å². The lowest BCUT2D eigenvalue weighted by atomic mass is 10.0. The van der Waals surface area contributed by atoms with E-state index in [1.165, 1.54) is 0 Å². The van der Waals surface area contributed by atoms with Crippen LogP contribution in [0.2, 0.25) is 0 Å². The molecule has 28 heavy (non-hydrogen) atoms. The highest BCUT2D eigenvalue weighted by Crippen LogP contribution is 2.41. The molecule has 1 aromatic carbocycles. The Balaban J connectivity index is 1.80. The summed E-state index contributed by atoms with van der Waals surface area (Å²) in [5, 5.41) is 13.8. The van der Waals surface area contributed by atoms with E-state index in [4.69, 9.17) is 17.0 Å². The van der Waals surface area contributed by atoms with Gasteiger partial charge in [0.1, 0.15) is 11.8 Å². The Morgan fingerprint density at radius 3 is 2.68 bits per heavy atom. The van der Waals surface area contributed by atoms with Crippen molar-refractivity contribution in [2.24, 2.45) is 0 Å². The van der Waals surface area contributed by atoms with Gasteiger partial charge >= 0.3 is 0 Å². The summed E-state index contributed by atoms with van der Waals surface area (Å²) < 4.78 is 7.46. The zero-order chi connectivity index (χ0) is 19.5. The van der Waals surface area contributed by atoms with Crippen LogP contribution in [0.4, 0.5) is 5.69 Å². The second kappa shape index (κ2) is 8.00. The van der Waals surface area contributed by atoms with E-state index in [9.17, 15) is 5.11 Å². The number of anilines is 1. The zero-order valence-corrected chi connectivity index (χ0v) is 16.3. The zero-order valence-electron chi connectivity index (χ0n) is 15.5. The van der Waals surface area contributed by atoms with Gasteiger partial charge in [0.15, 0.2) is 5.11 Å². The molecule has 0 spiro atoms. The Hall–Kier alpha value is -2.90. The van der Waals surface area contributed by atoms with Crippen molar-refractivity contribution >= 4 is 23.0 Å². The number of aromatic nitrogens is 2. The normalized spacial score (nSPS) is 19.0. The lowest BCUT2D eigenvalue weighted by Gasteiger charge is -2.29. The Bertz CT molecular complexity index is 943. The van der Waals surface area contributed by atoms with Crippen molar-refractivity contribution in [1.29, 1.82) is 0 Å². The molecule has 0 bridgehead atoms. The van der Waals surface area contributed by atoms with Crippen LogP contribution in [0.25, 0.3) is 0 Å². The molecule has 0 saturated carbocycles. The first kappa shape index (κ1) is 18.5. The fraction of sp³-hybridized carbons (Fsp3) is 0.238. The average molecular weight is 395 g/mol. The molecule has 4 rings (SSSR count). The first-order valence-corrected chi connectivity index (χ1v) is 9.53. The summed E-state index contributed by atoms with van der Waals surface area (Å²) >= 11 is 5.70. The highest BCUT2D eigenvalue weighted by atomic mass is 32.1. The Morgan fingerprint density at radius 2 is 1.96 bits per heavy atom. The van der Waals surface area contributed by atoms with Gasteiger partial charge in [-0.3, -0.25) is 4.98 Å². The molecular formula is C21H22N4O2S. The molecule has 2 aromatic heterocycles. The van der Waals surface area contributed by atoms with Gasteiger partial charge in [-0.2, -0.15) is 0 Å². The molecule has 1 fully saturated rings. The minimum absolute atomic E-state index is 0.0844. The Labute approximate surface area is 169 Å². The third kappa shape index (κ3) is 3.46. The standard InChI is InChI=1S/C21H22N4O2S/c1-27-14-13-24-12-4-6-18(24)20-19(17-5-2-3-11-22-17)23-21(28)25(20)15-7-9-16(26)10-8-15/h2-12,19-20,26H,13-14H2,1H3,(H,23,28)/t19-,20+/m1/s1. The van der Waals surface area contributed by atoms with Crippen LogP contribution in [0.15, 0.2) is 67.0 Å². The van der Waals surface area contributed by atoms with Crippen LogP contribution in [0, 0.1) is 0 Å². The molecule has 6 nitrogen and oxygen atoms in total. The number of methoxy groups -OCH3 is 1. The topological polar surface area (TPSA) is 62.5 Å². The predicted octanol–water partition coefficient (Wildman–Crippen LogP) is 3.41. The van der Waals surface area contributed by atoms with Crippen LogP contribution in [0.5, 0.6) is 5.75 Å². The van der Waals surface area contributed by atoms with E-state index in [0.717, 1.165) is 23.6 Å². The van der Waals surface area contributed by atoms with Gasteiger partial charge in [-0.1, -0.05) is 6.07 Å². The number of nitrogens with zero attached hydrogens (tertiary/aromatic N) is 3. The van der Waals surface area contributed by atoms with Crippen molar-refractivity contribution in [3.05, 3.63) is 78.4 Å². The summed E-state index contributed by atoms with van der Waals surface area (Å²) in [6, 6.07) is 17.0. The van der Waals surface area contributed by atoms with Crippen LogP contribution < -0.4 is 10.2 Å². The van der Waals surface area contributed by atoms with Gasteiger partial charge in [0.05, 0.1) is 18.3 Å². The SMILES string of the molecule is COCCn1cccc1[C@H]1[C@@H](c2ccccn2)NC(=S)N1c1ccc(O)cc1. The van der Waals surface area contributed by atoms with Crippen molar-refractivity contribution in [3.63, 3.8) is 0 Å². The summed E-state index contributed by atoms with van der Waals surface area (Å²) in [4.78, 5) is 6.66. The number of benzene rings is 1. The van der Waals surface area contributed by atoms with Crippen LogP contribution >= 0.6 is 12.2 Å². The number of aromatic hydroxyl groups is 1. The molecular weight excluding hydrogens is 372 g/mol. The van der Waals surface area contributed by atoms with Crippen LogP contribution in [-0.2, 0) is 11.3 Å². The smallest absolute Gasteiger partial charge is 0.174 e. The maximum Gasteiger partial charge on any atom is 0.174 e. The first-order chi connectivity index (χ1) is 13.7. The first-order valence-electron chi connectivity index (χ1n) is 9.12. The number of rotatable bonds is 6. The number of hydrogen-bond donors (Lipinski definition) is 2. The van der Waals surface area contributed by atoms with E-state index in [1.807, 2.05) is 36.4 Å². The Morgan fingerprint density at radius 1 is 1.14 bits per heavy atom. The molecule has 1 saturated heterocycles. The van der Waals surface area contributed by atoms with Gasteiger partial charge in [-0.25, -0.2) is 0 Å². The third-order valence-electron chi connectivity index (χ3n) is 4.93. The molecule has 3 heterocycles. The predicted molar refractivity (Wildman–Crippen MR) is 112 cm³/mol. The molecule has 1 aliphatic rings. The second-order valence-corrected chi connectivity index (χ2v) is 7.02. The van der Waals surface area contributed by atoms with Crippen molar-refractivity contribution < 1.29 is 9.84 Å². The molecule has 3 aromatic rings. The van der Waals surface area contributed by atoms with E-state index < -0.39 is 0 Å². The fourth-order valence-corrected chi connectivity index (χ4v) is 3.98. The Kier molecular flexibility index (Phi) is 5.27. The minimum Gasteiger partial charge on any atom is -0.508 e. The second-order valence-electron chi connectivity index (χ2n) is 6.63. The maximum absolute atomic E-state index is 9.69. The molecule has 0 amide bonds. The number of pyridine rings is 1. The van der Waals surface area contributed by atoms with Crippen molar-refractivity contribution in [2.75, 3.05) is 18.6 Å². The number of nitrogens with one attached hydrogen (secondary N) is 1. The highest BCUT2D eigenvalue weighted by Gasteiger charge is 2.41. The number of thiocarbonyl (C=S) groups is 1. The largest absolute Gasteiger partial charge is 0.508 e. The summed E-state index contributed by atoms with van der Waals surface area (Å²) in [5.41, 5.74) is 2.96. The highest BCUT2D eigenvalue weighted by molar-refractivity contribution is 7.80. The monoisotopic (exact) mass is 394 g/mol. The van der Waals surface area contributed by atoms with E-state index in [-0.39, 0.29) is 17.8 Å². The molecule has 0 unspecified atom stereocenters. The van der Waals surface area contributed by atoms with E-state index in [2.05, 4.69) is 32.0 Å². The summed E-state index contributed by atoms with van der Waals surface area (Å²) in [5.74, 6) is 0.225. The van der Waals surface area contributed by atoms with E-state index in [1.54, 1.807) is 25.4 Å². The van der Waals surface area contributed by atoms with Gasteiger partial charge in [-0.05, 0) is 60.7 Å². The molecule has 2 atom stereocenters. The molecule has 0 radical (unpaired) electrons. The molecule has 7 heteroatoms. The van der Waals surface area contributed by atoms with Gasteiger partial charge in [0.25, 0.3) is 0 Å². The summed E-state index contributed by atoms with van der Waals surface area (Å²) in [7, 11) is 1.70. The molecule has 0 aliphatic carbocycles. The van der Waals surface area contributed by atoms with Gasteiger partial charge < -0.3 is 24.6 Å². The number of phenolic OH excluding ortho intramolecular Hbond substituents is 1. The fourth-order valence-electron chi connectivity index (χ4n) is 3.64. The summed E-state index contributed by atoms with van der Waals surface area (Å²) in [6.07, 6.45) is 3.85. The van der Waals surface area contributed by atoms with Gasteiger partial charge in [-0.15, -0.1) is 0 Å². The third-order valence-corrected chi connectivity index (χ3v) is 5.24. The maximum atomic E-state index is 9.69. The summed E-state index contributed by atoms with van der Waals surface area (Å²) in [6.45, 7) is 1.38. The number of phenols is 1. The lowest BCUT2D eigenvalue weighted by molar-refractivity contribution is 0.186. The minimum atomic E-state index is -0.0984. The van der Waals surface area contributed by atoms with E-state index in [0.29, 0.717) is 11.7 Å². The number of hydrogen-bond acceptors (Lipinski definition) is 4. The molecule has 144 valence electrons. The van der Waals surface area contributed by atoms with Gasteiger partial charge in [0, 0.05) is 37.4 Å². The quantitative estimate of drug-likeness (QED) is 0.625. The lowest BCUT2D eigenvalue weighted by Crippen LogP contribution is -2.30.